The third-order valence-electron chi connectivity index (χ3n) is 3.46. The van der Waals surface area contributed by atoms with Gasteiger partial charge < -0.3 is 5.11 Å². The summed E-state index contributed by atoms with van der Waals surface area (Å²) in [6, 6.07) is 11.2. The molecule has 0 saturated heterocycles. The lowest BCUT2D eigenvalue weighted by molar-refractivity contribution is -0.119. The second-order valence-corrected chi connectivity index (χ2v) is 7.90. The zero-order chi connectivity index (χ0) is 19.3. The minimum atomic E-state index is -3.71. The molecule has 7 nitrogen and oxygen atoms in total. The Balaban J connectivity index is 2.15. The van der Waals surface area contributed by atoms with Crippen molar-refractivity contribution in [3.63, 3.8) is 0 Å². The lowest BCUT2D eigenvalue weighted by Crippen LogP contribution is -2.39. The van der Waals surface area contributed by atoms with E-state index in [4.69, 9.17) is 11.6 Å². The molecule has 26 heavy (non-hydrogen) atoms. The summed E-state index contributed by atoms with van der Waals surface area (Å²) in [5, 5.41) is 13.7. The van der Waals surface area contributed by atoms with Crippen LogP contribution in [0.5, 0.6) is 5.75 Å². The van der Waals surface area contributed by atoms with Gasteiger partial charge in [0.15, 0.2) is 0 Å². The fraction of sp³-hybridized carbons (Fsp3) is 0.176. The Morgan fingerprint density at radius 1 is 1.31 bits per heavy atom. The predicted molar refractivity (Wildman–Crippen MR) is 102 cm³/mol. The maximum absolute atomic E-state index is 12.1. The summed E-state index contributed by atoms with van der Waals surface area (Å²) in [6.45, 7) is 1.26. The van der Waals surface area contributed by atoms with E-state index in [1.807, 2.05) is 0 Å². The number of phenolic OH excluding ortho intramolecular Hbond substituents is 1. The number of amides is 1. The summed E-state index contributed by atoms with van der Waals surface area (Å²) in [4.78, 5) is 12.1. The molecule has 0 saturated carbocycles. The largest absolute Gasteiger partial charge is 0.507 e. The van der Waals surface area contributed by atoms with Crippen molar-refractivity contribution >= 4 is 39.4 Å². The number of carbonyl (C=O) groups excluding carboxylic acids is 1. The molecule has 1 amide bonds. The minimum absolute atomic E-state index is 0.0119. The average molecular weight is 396 g/mol. The number of para-hydroxylation sites is 1. The van der Waals surface area contributed by atoms with Crippen molar-refractivity contribution in [2.45, 2.75) is 6.92 Å². The number of nitrogens with zero attached hydrogens (tertiary/aromatic N) is 2. The van der Waals surface area contributed by atoms with Crippen LogP contribution in [0.1, 0.15) is 11.1 Å². The smallest absolute Gasteiger partial charge is 0.260 e. The predicted octanol–water partition coefficient (Wildman–Crippen LogP) is 2.27. The summed E-state index contributed by atoms with van der Waals surface area (Å²) in [7, 11) is -3.71. The van der Waals surface area contributed by atoms with Crippen LogP contribution < -0.4 is 9.73 Å². The van der Waals surface area contributed by atoms with Crippen LogP contribution in [0.25, 0.3) is 0 Å². The van der Waals surface area contributed by atoms with Crippen LogP contribution in [0.2, 0.25) is 5.02 Å². The highest BCUT2D eigenvalue weighted by Gasteiger charge is 2.22. The van der Waals surface area contributed by atoms with Gasteiger partial charge in [-0.1, -0.05) is 29.8 Å². The van der Waals surface area contributed by atoms with E-state index in [0.29, 0.717) is 21.8 Å². The molecule has 0 aromatic heterocycles. The topological polar surface area (TPSA) is 99.1 Å². The number of benzene rings is 2. The molecule has 2 rings (SSSR count). The summed E-state index contributed by atoms with van der Waals surface area (Å²) in [5.74, 6) is -0.626. The summed E-state index contributed by atoms with van der Waals surface area (Å²) >= 11 is 5.94. The number of hydrogen-bond donors (Lipinski definition) is 2. The van der Waals surface area contributed by atoms with Gasteiger partial charge in [0.2, 0.25) is 10.0 Å². The second-order valence-electron chi connectivity index (χ2n) is 5.55. The molecule has 0 spiro atoms. The van der Waals surface area contributed by atoms with Gasteiger partial charge in [-0.15, -0.1) is 0 Å². The Morgan fingerprint density at radius 3 is 2.65 bits per heavy atom. The molecule has 0 fully saturated rings. The third-order valence-corrected chi connectivity index (χ3v) is 4.82. The van der Waals surface area contributed by atoms with Crippen molar-refractivity contribution in [3.8, 4) is 5.75 Å². The summed E-state index contributed by atoms with van der Waals surface area (Å²) in [6.07, 6.45) is 2.27. The molecule has 2 aromatic carbocycles. The highest BCUT2D eigenvalue weighted by Crippen LogP contribution is 2.26. The minimum Gasteiger partial charge on any atom is -0.507 e. The van der Waals surface area contributed by atoms with Gasteiger partial charge in [0.05, 0.1) is 18.2 Å². The fourth-order valence-corrected chi connectivity index (χ4v) is 3.24. The van der Waals surface area contributed by atoms with Crippen molar-refractivity contribution in [1.82, 2.24) is 5.43 Å². The molecule has 0 heterocycles. The van der Waals surface area contributed by atoms with E-state index >= 15 is 0 Å². The van der Waals surface area contributed by atoms with E-state index < -0.39 is 22.5 Å². The first-order valence-electron chi connectivity index (χ1n) is 7.52. The lowest BCUT2D eigenvalue weighted by Gasteiger charge is -2.23. The normalized spacial score (nSPS) is 11.5. The lowest BCUT2D eigenvalue weighted by atomic mass is 10.2. The number of carbonyl (C=O) groups is 1. The number of anilines is 1. The molecule has 0 radical (unpaired) electrons. The van der Waals surface area contributed by atoms with Crippen molar-refractivity contribution in [1.29, 1.82) is 0 Å². The first-order valence-corrected chi connectivity index (χ1v) is 9.75. The van der Waals surface area contributed by atoms with E-state index in [0.717, 1.165) is 10.6 Å². The molecule has 0 atom stereocenters. The SMILES string of the molecule is Cc1ccc(Cl)cc1N(CC(=O)N/N=C\c1ccccc1O)S(C)(=O)=O. The number of hydrazone groups is 1. The van der Waals surface area contributed by atoms with Crippen LogP contribution >= 0.6 is 11.6 Å². The Bertz CT molecular complexity index is 945. The van der Waals surface area contributed by atoms with Gasteiger partial charge in [-0.25, -0.2) is 13.8 Å². The fourth-order valence-electron chi connectivity index (χ4n) is 2.17. The molecule has 0 unspecified atom stereocenters. The number of nitrogens with one attached hydrogen (secondary N) is 1. The highest BCUT2D eigenvalue weighted by atomic mass is 35.5. The third kappa shape index (κ3) is 5.21. The van der Waals surface area contributed by atoms with Gasteiger partial charge in [0, 0.05) is 10.6 Å². The van der Waals surface area contributed by atoms with Gasteiger partial charge >= 0.3 is 0 Å². The monoisotopic (exact) mass is 395 g/mol. The van der Waals surface area contributed by atoms with Crippen LogP contribution in [-0.4, -0.2) is 38.4 Å². The quantitative estimate of drug-likeness (QED) is 0.579. The number of halogens is 1. The average Bonchev–Trinajstić information content (AvgIpc) is 2.56. The van der Waals surface area contributed by atoms with Crippen molar-refractivity contribution in [2.75, 3.05) is 17.1 Å². The maximum atomic E-state index is 12.1. The number of aromatic hydroxyl groups is 1. The molecule has 9 heteroatoms. The highest BCUT2D eigenvalue weighted by molar-refractivity contribution is 7.92. The van der Waals surface area contributed by atoms with Crippen LogP contribution in [0, 0.1) is 6.92 Å². The van der Waals surface area contributed by atoms with Gasteiger partial charge in [-0.05, 0) is 36.8 Å². The van der Waals surface area contributed by atoms with Crippen LogP contribution in [-0.2, 0) is 14.8 Å². The molecule has 2 N–H and O–H groups in total. The number of hydrogen-bond acceptors (Lipinski definition) is 5. The second kappa shape index (κ2) is 8.20. The zero-order valence-electron chi connectivity index (χ0n) is 14.2. The molecular formula is C17H18ClN3O4S. The molecule has 2 aromatic rings. The zero-order valence-corrected chi connectivity index (χ0v) is 15.8. The Hall–Kier alpha value is -2.58. The van der Waals surface area contributed by atoms with E-state index in [-0.39, 0.29) is 5.75 Å². The molecule has 0 aliphatic heterocycles. The molecule has 0 aliphatic carbocycles. The number of sulfonamides is 1. The Labute approximate surface area is 157 Å². The van der Waals surface area contributed by atoms with E-state index in [1.54, 1.807) is 37.3 Å². The van der Waals surface area contributed by atoms with E-state index in [9.17, 15) is 18.3 Å². The summed E-state index contributed by atoms with van der Waals surface area (Å²) in [5.41, 5.74) is 3.64. The first-order chi connectivity index (χ1) is 12.2. The first kappa shape index (κ1) is 19.7. The van der Waals surface area contributed by atoms with Crippen molar-refractivity contribution in [3.05, 3.63) is 58.6 Å². The standard InChI is InChI=1S/C17H18ClN3O4S/c1-12-7-8-14(18)9-15(12)21(26(2,24)25)11-17(23)20-19-10-13-5-3-4-6-16(13)22/h3-10,22H,11H2,1-2H3,(H,20,23)/b19-10-. The van der Waals surface area contributed by atoms with E-state index in [2.05, 4.69) is 10.5 Å². The van der Waals surface area contributed by atoms with E-state index in [1.165, 1.54) is 18.3 Å². The van der Waals surface area contributed by atoms with Gasteiger partial charge in [0.1, 0.15) is 12.3 Å². The molecule has 138 valence electrons. The van der Waals surface area contributed by atoms with Crippen LogP contribution in [0.4, 0.5) is 5.69 Å². The molecule has 0 aliphatic rings. The van der Waals surface area contributed by atoms with Gasteiger partial charge in [0.25, 0.3) is 5.91 Å². The van der Waals surface area contributed by atoms with Gasteiger partial charge in [-0.3, -0.25) is 9.10 Å². The Morgan fingerprint density at radius 2 is 2.00 bits per heavy atom. The Kier molecular flexibility index (Phi) is 6.23. The number of aryl methyl sites for hydroxylation is 1. The van der Waals surface area contributed by atoms with Gasteiger partial charge in [-0.2, -0.15) is 5.10 Å². The summed E-state index contributed by atoms with van der Waals surface area (Å²) < 4.78 is 25.2. The van der Waals surface area contributed by atoms with Crippen molar-refractivity contribution in [2.24, 2.45) is 5.10 Å². The van der Waals surface area contributed by atoms with Crippen molar-refractivity contribution < 1.29 is 18.3 Å². The number of rotatable bonds is 6. The molecular weight excluding hydrogens is 378 g/mol. The maximum Gasteiger partial charge on any atom is 0.260 e. The van der Waals surface area contributed by atoms with Crippen LogP contribution in [0.3, 0.4) is 0 Å². The molecule has 0 bridgehead atoms. The van der Waals surface area contributed by atoms with Crippen LogP contribution in [0.15, 0.2) is 47.6 Å². The number of phenols is 1.